The van der Waals surface area contributed by atoms with Crippen molar-refractivity contribution in [3.8, 4) is 0 Å². The number of rotatable bonds is 0. The predicted octanol–water partition coefficient (Wildman–Crippen LogP) is 0.0354. The molecule has 0 aromatic heterocycles. The van der Waals surface area contributed by atoms with E-state index in [1.807, 2.05) is 0 Å². The molecule has 0 spiro atoms. The van der Waals surface area contributed by atoms with Crippen LogP contribution in [-0.4, -0.2) is 39.9 Å². The molecule has 58 valence electrons. The molecule has 0 atom stereocenters. The Balaban J connectivity index is 0. The number of hydrogen-bond acceptors (Lipinski definition) is 2. The van der Waals surface area contributed by atoms with Gasteiger partial charge in [-0.2, -0.15) is 0 Å². The van der Waals surface area contributed by atoms with Gasteiger partial charge in [-0.15, -0.1) is 0 Å². The van der Waals surface area contributed by atoms with Crippen LogP contribution in [0.5, 0.6) is 0 Å². The van der Waals surface area contributed by atoms with Gasteiger partial charge in [-0.3, -0.25) is 0 Å². The van der Waals surface area contributed by atoms with Crippen LogP contribution >= 0.6 is 0 Å². The van der Waals surface area contributed by atoms with E-state index in [2.05, 4.69) is 0 Å². The summed E-state index contributed by atoms with van der Waals surface area (Å²) in [7, 11) is 0. The molecule has 0 bridgehead atoms. The Morgan fingerprint density at radius 2 is 1.10 bits per heavy atom. The third-order valence-corrected chi connectivity index (χ3v) is 0.183. The average Bonchev–Trinajstić information content (AvgIpc) is 1.63. The normalized spacial score (nSPS) is 7.10. The van der Waals surface area contributed by atoms with Crippen LogP contribution in [0, 0.1) is 0 Å². The van der Waals surface area contributed by atoms with E-state index in [9.17, 15) is 9.86 Å². The zero-order valence-corrected chi connectivity index (χ0v) is 6.84. The summed E-state index contributed by atoms with van der Waals surface area (Å²) in [6.07, 6.45) is 0. The van der Waals surface area contributed by atoms with E-state index in [0.717, 1.165) is 0 Å². The summed E-state index contributed by atoms with van der Waals surface area (Å²) in [6, 6.07) is 0. The third-order valence-electron chi connectivity index (χ3n) is 0.183. The molecular formula is C2H2F3GaO4. The van der Waals surface area contributed by atoms with Gasteiger partial charge in [0.15, 0.2) is 0 Å². The molecule has 0 rings (SSSR count). The molecule has 0 aromatic carbocycles. The Hall–Kier alpha value is -0.634. The van der Waals surface area contributed by atoms with Crippen molar-refractivity contribution in [2.75, 3.05) is 0 Å². The summed E-state index contributed by atoms with van der Waals surface area (Å²) in [5.74, 6) is -3.65. The average molecular weight is 217 g/mol. The zero-order valence-electron chi connectivity index (χ0n) is 4.42. The first-order valence-electron chi connectivity index (χ1n) is 1.76. The van der Waals surface area contributed by atoms with E-state index >= 15 is 0 Å². The van der Waals surface area contributed by atoms with Crippen molar-refractivity contribution >= 4 is 29.7 Å². The Labute approximate surface area is 60.1 Å². The summed E-state index contributed by atoms with van der Waals surface area (Å²) < 4.78 is 29.6. The van der Waals surface area contributed by atoms with Crippen LogP contribution < -0.4 is 0 Å². The molecule has 0 unspecified atom stereocenters. The van der Waals surface area contributed by atoms with Crippen LogP contribution in [0.4, 0.5) is 9.86 Å². The first-order valence-corrected chi connectivity index (χ1v) is 4.51. The molecule has 0 saturated heterocycles. The van der Waals surface area contributed by atoms with Crippen LogP contribution in [0.1, 0.15) is 0 Å². The van der Waals surface area contributed by atoms with Gasteiger partial charge in [0.1, 0.15) is 0 Å². The molecule has 0 heterocycles. The minimum absolute atomic E-state index is 1.82. The topological polar surface area (TPSA) is 74.6 Å². The van der Waals surface area contributed by atoms with Crippen LogP contribution in [0.2, 0.25) is 0 Å². The van der Waals surface area contributed by atoms with Crippen molar-refractivity contribution < 1.29 is 29.7 Å². The molecule has 0 aromatic rings. The van der Waals surface area contributed by atoms with E-state index in [4.69, 9.17) is 19.8 Å². The first kappa shape index (κ1) is 12.1. The Bertz CT molecular complexity index is 111. The van der Waals surface area contributed by atoms with Gasteiger partial charge >= 0.3 is 39.5 Å². The fourth-order valence-electron chi connectivity index (χ4n) is 0. The van der Waals surface area contributed by atoms with Gasteiger partial charge in [-0.25, -0.2) is 9.59 Å². The van der Waals surface area contributed by atoms with Gasteiger partial charge in [0.25, 0.3) is 0 Å². The van der Waals surface area contributed by atoms with E-state index in [1.54, 1.807) is 0 Å². The monoisotopic (exact) mass is 216 g/mol. The van der Waals surface area contributed by atoms with E-state index < -0.39 is 29.7 Å². The zero-order chi connectivity index (χ0) is 8.73. The van der Waals surface area contributed by atoms with Crippen LogP contribution in [0.15, 0.2) is 0 Å². The van der Waals surface area contributed by atoms with Crippen molar-refractivity contribution in [1.82, 2.24) is 0 Å². The number of halogens is 3. The number of aliphatic carboxylic acids is 2. The Morgan fingerprint density at radius 3 is 1.10 bits per heavy atom. The predicted molar refractivity (Wildman–Crippen MR) is 24.3 cm³/mol. The van der Waals surface area contributed by atoms with Crippen LogP contribution in [0.25, 0.3) is 0 Å². The second-order valence-corrected chi connectivity index (χ2v) is 1.90. The van der Waals surface area contributed by atoms with Gasteiger partial charge in [-0.1, -0.05) is 0 Å². The quantitative estimate of drug-likeness (QED) is 0.443. The molecular weight excluding hydrogens is 215 g/mol. The summed E-state index contributed by atoms with van der Waals surface area (Å²) in [5, 5.41) is 14.8. The molecule has 0 radical (unpaired) electrons. The van der Waals surface area contributed by atoms with Crippen LogP contribution in [-0.2, 0) is 9.59 Å². The molecule has 0 aliphatic carbocycles. The van der Waals surface area contributed by atoms with Gasteiger partial charge in [0, 0.05) is 0 Å². The van der Waals surface area contributed by atoms with E-state index in [-0.39, 0.29) is 0 Å². The van der Waals surface area contributed by atoms with Crippen molar-refractivity contribution in [2.45, 2.75) is 0 Å². The van der Waals surface area contributed by atoms with Gasteiger partial charge in [-0.05, 0) is 0 Å². The minimum atomic E-state index is -4.98. The molecule has 2 N–H and O–H groups in total. The van der Waals surface area contributed by atoms with Gasteiger partial charge < -0.3 is 10.2 Å². The van der Waals surface area contributed by atoms with Crippen molar-refractivity contribution in [3.63, 3.8) is 0 Å². The molecule has 0 aliphatic heterocycles. The molecule has 0 fully saturated rings. The molecule has 8 heteroatoms. The number of hydrogen-bond donors (Lipinski definition) is 2. The van der Waals surface area contributed by atoms with E-state index in [1.165, 1.54) is 0 Å². The fraction of sp³-hybridized carbons (Fsp3) is 0. The Morgan fingerprint density at radius 1 is 1.00 bits per heavy atom. The third kappa shape index (κ3) is 26.3. The maximum atomic E-state index is 9.85. The van der Waals surface area contributed by atoms with Crippen molar-refractivity contribution in [2.24, 2.45) is 0 Å². The summed E-state index contributed by atoms with van der Waals surface area (Å²) in [6.45, 7) is 0. The molecule has 0 amide bonds. The van der Waals surface area contributed by atoms with Crippen LogP contribution in [0.3, 0.4) is 0 Å². The second kappa shape index (κ2) is 6.49. The summed E-state index contributed by atoms with van der Waals surface area (Å²) >= 11 is -4.98. The standard InChI is InChI=1S/C2H2O4.3FH.Ga/c3-1(4)2(5)6;;;;/h(H,3,4)(H,5,6);3*1H;/q;;;;+3/p-3. The molecule has 0 saturated carbocycles. The number of carboxylic acid groups (broad SMARTS) is 2. The van der Waals surface area contributed by atoms with Gasteiger partial charge in [0.2, 0.25) is 0 Å². The molecule has 4 nitrogen and oxygen atoms in total. The van der Waals surface area contributed by atoms with E-state index in [0.29, 0.717) is 0 Å². The summed E-state index contributed by atoms with van der Waals surface area (Å²) in [5.41, 5.74) is 0. The molecule has 10 heavy (non-hydrogen) atoms. The first-order chi connectivity index (χ1) is 4.37. The second-order valence-electron chi connectivity index (χ2n) is 0.858. The van der Waals surface area contributed by atoms with Gasteiger partial charge in [0.05, 0.1) is 0 Å². The molecule has 0 aliphatic rings. The van der Waals surface area contributed by atoms with Crippen molar-refractivity contribution in [1.29, 1.82) is 0 Å². The Kier molecular flexibility index (Phi) is 7.84. The van der Waals surface area contributed by atoms with Crippen molar-refractivity contribution in [3.05, 3.63) is 0 Å². The maximum absolute atomic E-state index is 9.85. The summed E-state index contributed by atoms with van der Waals surface area (Å²) in [4.78, 5) is 18.2. The number of carboxylic acids is 2. The SMILES string of the molecule is O=C(O)C(=O)O.[F][Ga]([F])[F]. The number of carbonyl (C=O) groups is 2. The fourth-order valence-corrected chi connectivity index (χ4v) is 0.